The Hall–Kier alpha value is -1.50. The number of carbonyl (C=O) groups excluding carboxylic acids is 1. The van der Waals surface area contributed by atoms with Gasteiger partial charge < -0.3 is 20.1 Å². The van der Waals surface area contributed by atoms with Crippen molar-refractivity contribution in [3.05, 3.63) is 17.2 Å². The maximum Gasteiger partial charge on any atom is 0.225 e. The SMILES string of the molecule is COc1cc(NC(=O)CCN2CCNC[C@@H]2C)c(OC)cc1Cl. The van der Waals surface area contributed by atoms with Gasteiger partial charge >= 0.3 is 0 Å². The predicted octanol–water partition coefficient (Wildman–Crippen LogP) is 1.98. The fourth-order valence-corrected chi connectivity index (χ4v) is 2.86. The number of benzene rings is 1. The fraction of sp³-hybridized carbons (Fsp3) is 0.562. The van der Waals surface area contributed by atoms with Crippen molar-refractivity contribution in [2.45, 2.75) is 19.4 Å². The Kier molecular flexibility index (Phi) is 6.50. The van der Waals surface area contributed by atoms with Gasteiger partial charge in [0.25, 0.3) is 0 Å². The molecule has 1 aromatic rings. The van der Waals surface area contributed by atoms with E-state index < -0.39 is 0 Å². The van der Waals surface area contributed by atoms with Crippen LogP contribution < -0.4 is 20.1 Å². The van der Waals surface area contributed by atoms with Crippen LogP contribution in [0.3, 0.4) is 0 Å². The number of anilines is 1. The number of hydrogen-bond donors (Lipinski definition) is 2. The van der Waals surface area contributed by atoms with Crippen LogP contribution in [0, 0.1) is 0 Å². The highest BCUT2D eigenvalue weighted by Crippen LogP contribution is 2.35. The van der Waals surface area contributed by atoms with Crippen LogP contribution in [-0.2, 0) is 4.79 Å². The minimum atomic E-state index is -0.0570. The molecule has 2 N–H and O–H groups in total. The lowest BCUT2D eigenvalue weighted by atomic mass is 10.2. The van der Waals surface area contributed by atoms with Gasteiger partial charge in [-0.15, -0.1) is 0 Å². The van der Waals surface area contributed by atoms with Gasteiger partial charge in [-0.25, -0.2) is 0 Å². The second-order valence-electron chi connectivity index (χ2n) is 5.57. The van der Waals surface area contributed by atoms with E-state index in [2.05, 4.69) is 22.5 Å². The molecule has 1 aromatic carbocycles. The summed E-state index contributed by atoms with van der Waals surface area (Å²) in [6.07, 6.45) is 0.429. The fourth-order valence-electron chi connectivity index (χ4n) is 2.63. The lowest BCUT2D eigenvalue weighted by molar-refractivity contribution is -0.116. The van der Waals surface area contributed by atoms with Crippen LogP contribution in [0.4, 0.5) is 5.69 Å². The molecule has 23 heavy (non-hydrogen) atoms. The topological polar surface area (TPSA) is 62.8 Å². The number of hydrogen-bond acceptors (Lipinski definition) is 5. The lowest BCUT2D eigenvalue weighted by Crippen LogP contribution is -2.50. The molecule has 0 radical (unpaired) electrons. The summed E-state index contributed by atoms with van der Waals surface area (Å²) >= 11 is 6.07. The molecular weight excluding hydrogens is 318 g/mol. The largest absolute Gasteiger partial charge is 0.495 e. The second-order valence-corrected chi connectivity index (χ2v) is 5.98. The number of ether oxygens (including phenoxy) is 2. The summed E-state index contributed by atoms with van der Waals surface area (Å²) in [5.74, 6) is 0.955. The van der Waals surface area contributed by atoms with Crippen LogP contribution in [0.15, 0.2) is 12.1 Å². The summed E-state index contributed by atoms with van der Waals surface area (Å²) in [4.78, 5) is 14.5. The monoisotopic (exact) mass is 341 g/mol. The van der Waals surface area contributed by atoms with E-state index >= 15 is 0 Å². The number of amides is 1. The first-order valence-corrected chi connectivity index (χ1v) is 8.09. The summed E-state index contributed by atoms with van der Waals surface area (Å²) in [5.41, 5.74) is 0.562. The van der Waals surface area contributed by atoms with Crippen molar-refractivity contribution >= 4 is 23.2 Å². The van der Waals surface area contributed by atoms with E-state index in [4.69, 9.17) is 21.1 Å². The molecular formula is C16H24ClN3O3. The first kappa shape index (κ1) is 17.8. The molecule has 0 aliphatic carbocycles. The van der Waals surface area contributed by atoms with Gasteiger partial charge in [0.05, 0.1) is 24.9 Å². The van der Waals surface area contributed by atoms with Gasteiger partial charge in [0.15, 0.2) is 0 Å². The first-order chi connectivity index (χ1) is 11.0. The molecule has 6 nitrogen and oxygen atoms in total. The number of methoxy groups -OCH3 is 2. The average Bonchev–Trinajstić information content (AvgIpc) is 2.55. The van der Waals surface area contributed by atoms with E-state index in [1.54, 1.807) is 12.1 Å². The number of halogens is 1. The Bertz CT molecular complexity index is 554. The van der Waals surface area contributed by atoms with Crippen LogP contribution >= 0.6 is 11.6 Å². The van der Waals surface area contributed by atoms with Gasteiger partial charge in [-0.1, -0.05) is 11.6 Å². The third-order valence-electron chi connectivity index (χ3n) is 4.01. The molecule has 0 spiro atoms. The van der Waals surface area contributed by atoms with Crippen molar-refractivity contribution in [3.63, 3.8) is 0 Å². The molecule has 0 unspecified atom stereocenters. The van der Waals surface area contributed by atoms with Crippen molar-refractivity contribution in [2.75, 3.05) is 45.7 Å². The third-order valence-corrected chi connectivity index (χ3v) is 4.31. The van der Waals surface area contributed by atoms with E-state index in [1.165, 1.54) is 14.2 Å². The van der Waals surface area contributed by atoms with Crippen LogP contribution in [0.1, 0.15) is 13.3 Å². The average molecular weight is 342 g/mol. The normalized spacial score (nSPS) is 18.5. The van der Waals surface area contributed by atoms with Gasteiger partial charge in [0.1, 0.15) is 11.5 Å². The van der Waals surface area contributed by atoms with Crippen LogP contribution in [0.25, 0.3) is 0 Å². The summed E-state index contributed by atoms with van der Waals surface area (Å²) in [6, 6.07) is 3.75. The molecule has 1 amide bonds. The molecule has 1 aliphatic rings. The van der Waals surface area contributed by atoms with Crippen LogP contribution in [-0.4, -0.2) is 57.2 Å². The van der Waals surface area contributed by atoms with Crippen LogP contribution in [0.5, 0.6) is 11.5 Å². The lowest BCUT2D eigenvalue weighted by Gasteiger charge is -2.33. The van der Waals surface area contributed by atoms with Crippen molar-refractivity contribution in [1.82, 2.24) is 10.2 Å². The highest BCUT2D eigenvalue weighted by molar-refractivity contribution is 6.32. The van der Waals surface area contributed by atoms with Gasteiger partial charge in [-0.05, 0) is 6.92 Å². The smallest absolute Gasteiger partial charge is 0.225 e. The second kappa shape index (κ2) is 8.38. The van der Waals surface area contributed by atoms with Crippen LogP contribution in [0.2, 0.25) is 5.02 Å². The van der Waals surface area contributed by atoms with E-state index in [0.717, 1.165) is 26.2 Å². The predicted molar refractivity (Wildman–Crippen MR) is 91.7 cm³/mol. The highest BCUT2D eigenvalue weighted by atomic mass is 35.5. The first-order valence-electron chi connectivity index (χ1n) is 7.71. The zero-order chi connectivity index (χ0) is 16.8. The summed E-state index contributed by atoms with van der Waals surface area (Å²) in [7, 11) is 3.07. The molecule has 1 aliphatic heterocycles. The zero-order valence-corrected chi connectivity index (χ0v) is 14.6. The Morgan fingerprint density at radius 1 is 1.39 bits per heavy atom. The molecule has 1 fully saturated rings. The molecule has 0 aromatic heterocycles. The Labute approximate surface area is 142 Å². The molecule has 7 heteroatoms. The van der Waals surface area contributed by atoms with E-state index in [-0.39, 0.29) is 5.91 Å². The summed E-state index contributed by atoms with van der Waals surface area (Å²) in [6.45, 7) is 5.80. The van der Waals surface area contributed by atoms with Gasteiger partial charge in [0, 0.05) is 50.8 Å². The van der Waals surface area contributed by atoms with Gasteiger partial charge in [-0.3, -0.25) is 9.69 Å². The molecule has 1 heterocycles. The number of piperazine rings is 1. The quantitative estimate of drug-likeness (QED) is 0.828. The van der Waals surface area contributed by atoms with E-state index in [0.29, 0.717) is 34.7 Å². The van der Waals surface area contributed by atoms with Crippen molar-refractivity contribution in [2.24, 2.45) is 0 Å². The van der Waals surface area contributed by atoms with Gasteiger partial charge in [-0.2, -0.15) is 0 Å². The minimum Gasteiger partial charge on any atom is -0.495 e. The van der Waals surface area contributed by atoms with Gasteiger partial charge in [0.2, 0.25) is 5.91 Å². The number of nitrogens with one attached hydrogen (secondary N) is 2. The van der Waals surface area contributed by atoms with Crippen molar-refractivity contribution in [1.29, 1.82) is 0 Å². The molecule has 2 rings (SSSR count). The maximum atomic E-state index is 12.2. The standard InChI is InChI=1S/C16H24ClN3O3/c1-11-10-18-5-7-20(11)6-4-16(21)19-13-9-14(22-2)12(17)8-15(13)23-3/h8-9,11,18H,4-7,10H2,1-3H3,(H,19,21)/t11-/m0/s1. The van der Waals surface area contributed by atoms with Crippen molar-refractivity contribution in [3.8, 4) is 11.5 Å². The highest BCUT2D eigenvalue weighted by Gasteiger charge is 2.19. The Balaban J connectivity index is 1.96. The molecule has 1 saturated heterocycles. The Morgan fingerprint density at radius 2 is 2.13 bits per heavy atom. The molecule has 128 valence electrons. The summed E-state index contributed by atoms with van der Waals surface area (Å²) in [5, 5.41) is 6.65. The number of rotatable bonds is 6. The molecule has 0 bridgehead atoms. The van der Waals surface area contributed by atoms with E-state index in [9.17, 15) is 4.79 Å². The summed E-state index contributed by atoms with van der Waals surface area (Å²) < 4.78 is 10.4. The molecule has 1 atom stereocenters. The number of nitrogens with zero attached hydrogens (tertiary/aromatic N) is 1. The van der Waals surface area contributed by atoms with Crippen molar-refractivity contribution < 1.29 is 14.3 Å². The minimum absolute atomic E-state index is 0.0570. The Morgan fingerprint density at radius 3 is 2.78 bits per heavy atom. The maximum absolute atomic E-state index is 12.2. The van der Waals surface area contributed by atoms with E-state index in [1.807, 2.05) is 0 Å². The third kappa shape index (κ3) is 4.73. The number of carbonyl (C=O) groups is 1. The zero-order valence-electron chi connectivity index (χ0n) is 13.8. The molecule has 0 saturated carbocycles.